The molecule has 1 unspecified atom stereocenters. The summed E-state index contributed by atoms with van der Waals surface area (Å²) in [5.41, 5.74) is -0.545. The maximum Gasteiger partial charge on any atom is 0.307 e. The van der Waals surface area contributed by atoms with Gasteiger partial charge in [0.2, 0.25) is 11.7 Å². The first kappa shape index (κ1) is 17.2. The number of anilines is 1. The number of rotatable bonds is 5. The van der Waals surface area contributed by atoms with Crippen molar-refractivity contribution in [1.82, 2.24) is 0 Å². The van der Waals surface area contributed by atoms with Gasteiger partial charge in [-0.15, -0.1) is 0 Å². The summed E-state index contributed by atoms with van der Waals surface area (Å²) < 4.78 is 18.7. The van der Waals surface area contributed by atoms with Gasteiger partial charge in [0.15, 0.2) is 5.12 Å². The van der Waals surface area contributed by atoms with Gasteiger partial charge in [-0.25, -0.2) is 0 Å². The number of carbonyl (C=O) groups excluding carboxylic acids is 2. The summed E-state index contributed by atoms with van der Waals surface area (Å²) in [4.78, 5) is 34.6. The van der Waals surface area contributed by atoms with Gasteiger partial charge in [-0.05, 0) is 5.92 Å². The van der Waals surface area contributed by atoms with Gasteiger partial charge >= 0.3 is 5.69 Å². The molecule has 0 saturated carbocycles. The van der Waals surface area contributed by atoms with Crippen molar-refractivity contribution < 1.29 is 23.6 Å². The number of carbonyl (C=O) groups is 2. The van der Waals surface area contributed by atoms with Crippen LogP contribution in [0, 0.1) is 21.8 Å². The molecule has 1 saturated heterocycles. The quantitative estimate of drug-likeness (QED) is 0.603. The zero-order chi connectivity index (χ0) is 17.1. The van der Waals surface area contributed by atoms with Crippen LogP contribution in [0.1, 0.15) is 13.3 Å². The molecule has 1 aromatic rings. The van der Waals surface area contributed by atoms with E-state index in [9.17, 15) is 24.1 Å². The van der Waals surface area contributed by atoms with Gasteiger partial charge in [-0.3, -0.25) is 19.7 Å². The van der Waals surface area contributed by atoms with Gasteiger partial charge < -0.3 is 9.64 Å². The fourth-order valence-electron chi connectivity index (χ4n) is 2.41. The lowest BCUT2D eigenvalue weighted by Gasteiger charge is -2.19. The lowest BCUT2D eigenvalue weighted by atomic mass is 10.1. The largest absolute Gasteiger partial charge is 0.494 e. The van der Waals surface area contributed by atoms with E-state index in [0.29, 0.717) is 12.3 Å². The third-order valence-electron chi connectivity index (χ3n) is 3.46. The Kier molecular flexibility index (Phi) is 5.19. The van der Waals surface area contributed by atoms with Crippen molar-refractivity contribution in [3.05, 3.63) is 28.1 Å². The summed E-state index contributed by atoms with van der Waals surface area (Å²) in [7, 11) is 1.30. The predicted octanol–water partition coefficient (Wildman–Crippen LogP) is 2.38. The number of nitrogens with zero attached hydrogens (tertiary/aromatic N) is 2. The van der Waals surface area contributed by atoms with E-state index in [1.165, 1.54) is 18.9 Å². The summed E-state index contributed by atoms with van der Waals surface area (Å²) in [5.74, 6) is -0.765. The van der Waals surface area contributed by atoms with Crippen molar-refractivity contribution in [3.8, 4) is 5.75 Å². The summed E-state index contributed by atoms with van der Waals surface area (Å²) in [6.07, 6.45) is 0.231. The van der Waals surface area contributed by atoms with Crippen LogP contribution < -0.4 is 9.64 Å². The number of hydrogen-bond acceptors (Lipinski definition) is 6. The van der Waals surface area contributed by atoms with E-state index >= 15 is 0 Å². The minimum absolute atomic E-state index is 0.0362. The Morgan fingerprint density at radius 3 is 2.83 bits per heavy atom. The molecule has 7 nitrogen and oxygen atoms in total. The van der Waals surface area contributed by atoms with Crippen molar-refractivity contribution in [3.63, 3.8) is 0 Å². The Balaban J connectivity index is 2.30. The molecule has 1 amide bonds. The van der Waals surface area contributed by atoms with E-state index in [1.807, 2.05) is 0 Å². The summed E-state index contributed by atoms with van der Waals surface area (Å²) in [5, 5.41) is 10.9. The van der Waals surface area contributed by atoms with Gasteiger partial charge in [-0.2, -0.15) is 4.39 Å². The number of thioether (sulfide) groups is 1. The zero-order valence-corrected chi connectivity index (χ0v) is 13.4. The van der Waals surface area contributed by atoms with E-state index in [-0.39, 0.29) is 34.8 Å². The van der Waals surface area contributed by atoms with Gasteiger partial charge in [0, 0.05) is 37.8 Å². The second-order valence-electron chi connectivity index (χ2n) is 5.11. The zero-order valence-electron chi connectivity index (χ0n) is 12.6. The third kappa shape index (κ3) is 3.79. The highest BCUT2D eigenvalue weighted by Crippen LogP contribution is 2.38. The molecule has 0 spiro atoms. The van der Waals surface area contributed by atoms with E-state index in [1.54, 1.807) is 0 Å². The number of benzene rings is 1. The molecule has 1 atom stereocenters. The number of nitro benzene ring substituents is 1. The van der Waals surface area contributed by atoms with Crippen LogP contribution in [0.3, 0.4) is 0 Å². The van der Waals surface area contributed by atoms with Gasteiger partial charge in [0.05, 0.1) is 17.7 Å². The Morgan fingerprint density at radius 2 is 2.26 bits per heavy atom. The van der Waals surface area contributed by atoms with Gasteiger partial charge in [-0.1, -0.05) is 11.8 Å². The maximum atomic E-state index is 13.7. The first-order valence-corrected chi connectivity index (χ1v) is 7.77. The van der Waals surface area contributed by atoms with Crippen LogP contribution in [0.2, 0.25) is 0 Å². The molecule has 0 N–H and O–H groups in total. The summed E-state index contributed by atoms with van der Waals surface area (Å²) in [6.45, 7) is 1.75. The molecule has 0 aromatic heterocycles. The SMILES string of the molecule is COc1cc(F)c([N+](=O)[O-])cc1N1CC(CSC(C)=O)CC1=O. The normalized spacial score (nSPS) is 17.4. The van der Waals surface area contributed by atoms with E-state index in [4.69, 9.17) is 4.74 Å². The maximum absolute atomic E-state index is 13.7. The Hall–Kier alpha value is -2.16. The molecule has 9 heteroatoms. The van der Waals surface area contributed by atoms with Crippen molar-refractivity contribution in [1.29, 1.82) is 0 Å². The molecule has 124 valence electrons. The van der Waals surface area contributed by atoms with E-state index in [2.05, 4.69) is 0 Å². The van der Waals surface area contributed by atoms with Gasteiger partial charge in [0.1, 0.15) is 5.75 Å². The molecule has 1 aliphatic rings. The van der Waals surface area contributed by atoms with Crippen molar-refractivity contribution in [2.24, 2.45) is 5.92 Å². The first-order chi connectivity index (χ1) is 10.8. The first-order valence-electron chi connectivity index (χ1n) is 6.79. The van der Waals surface area contributed by atoms with E-state index in [0.717, 1.165) is 23.9 Å². The summed E-state index contributed by atoms with van der Waals surface area (Å²) in [6, 6.07) is 1.91. The van der Waals surface area contributed by atoms with Crippen molar-refractivity contribution in [2.45, 2.75) is 13.3 Å². The van der Waals surface area contributed by atoms with Crippen LogP contribution in [0.25, 0.3) is 0 Å². The number of ether oxygens (including phenoxy) is 1. The second-order valence-corrected chi connectivity index (χ2v) is 6.31. The molecule has 0 aliphatic carbocycles. The van der Waals surface area contributed by atoms with Crippen molar-refractivity contribution >= 4 is 34.2 Å². The molecule has 1 fully saturated rings. The molecule has 23 heavy (non-hydrogen) atoms. The minimum atomic E-state index is -1.02. The monoisotopic (exact) mass is 342 g/mol. The van der Waals surface area contributed by atoms with Crippen LogP contribution in [0.5, 0.6) is 5.75 Å². The van der Waals surface area contributed by atoms with Crippen LogP contribution in [0.15, 0.2) is 12.1 Å². The second kappa shape index (κ2) is 6.95. The average Bonchev–Trinajstić information content (AvgIpc) is 2.85. The van der Waals surface area contributed by atoms with Crippen LogP contribution >= 0.6 is 11.8 Å². The number of hydrogen-bond donors (Lipinski definition) is 0. The predicted molar refractivity (Wildman–Crippen MR) is 83.2 cm³/mol. The number of amides is 1. The highest BCUT2D eigenvalue weighted by atomic mass is 32.2. The molecule has 1 aromatic carbocycles. The highest BCUT2D eigenvalue weighted by Gasteiger charge is 2.34. The molecule has 0 radical (unpaired) electrons. The standard InChI is InChI=1S/C14H15FN2O5S/c1-8(18)23-7-9-3-14(19)16(6-9)12-5-11(17(20)21)10(15)4-13(12)22-2/h4-5,9H,3,6-7H2,1-2H3. The molecule has 2 rings (SSSR count). The summed E-state index contributed by atoms with van der Waals surface area (Å²) >= 11 is 1.13. The molecular weight excluding hydrogens is 327 g/mol. The topological polar surface area (TPSA) is 89.8 Å². The van der Waals surface area contributed by atoms with Crippen LogP contribution in [-0.2, 0) is 9.59 Å². The number of nitro groups is 1. The Labute approximate surface area is 135 Å². The molecule has 1 heterocycles. The number of halogens is 1. The van der Waals surface area contributed by atoms with Crippen LogP contribution in [0.4, 0.5) is 15.8 Å². The smallest absolute Gasteiger partial charge is 0.307 e. The number of methoxy groups -OCH3 is 1. The van der Waals surface area contributed by atoms with Crippen LogP contribution in [-0.4, -0.2) is 35.4 Å². The van der Waals surface area contributed by atoms with E-state index < -0.39 is 16.4 Å². The average molecular weight is 342 g/mol. The highest BCUT2D eigenvalue weighted by molar-refractivity contribution is 8.13. The van der Waals surface area contributed by atoms with Crippen molar-refractivity contribution in [2.75, 3.05) is 24.3 Å². The lowest BCUT2D eigenvalue weighted by Crippen LogP contribution is -2.25. The fraction of sp³-hybridized carbons (Fsp3) is 0.429. The Morgan fingerprint density at radius 1 is 1.57 bits per heavy atom. The molecular formula is C14H15FN2O5S. The third-order valence-corrected chi connectivity index (χ3v) is 4.51. The fourth-order valence-corrected chi connectivity index (χ4v) is 3.10. The van der Waals surface area contributed by atoms with Gasteiger partial charge in [0.25, 0.3) is 0 Å². The molecule has 1 aliphatic heterocycles. The lowest BCUT2D eigenvalue weighted by molar-refractivity contribution is -0.387. The minimum Gasteiger partial charge on any atom is -0.494 e. The Bertz CT molecular complexity index is 667. The molecule has 0 bridgehead atoms.